The zero-order valence-corrected chi connectivity index (χ0v) is 11.7. The molecule has 0 amide bonds. The smallest absolute Gasteiger partial charge is 0.128 e. The fraction of sp³-hybridized carbons (Fsp3) is 0.200. The van der Waals surface area contributed by atoms with Gasteiger partial charge < -0.3 is 11.1 Å². The molecule has 0 spiro atoms. The van der Waals surface area contributed by atoms with Gasteiger partial charge in [-0.05, 0) is 31.2 Å². The molecule has 2 aromatic carbocycles. The van der Waals surface area contributed by atoms with E-state index >= 15 is 0 Å². The molecular formula is C15H15ClF2N2. The van der Waals surface area contributed by atoms with Crippen molar-refractivity contribution < 1.29 is 8.78 Å². The normalized spacial score (nSPS) is 12.2. The molecule has 1 atom stereocenters. The van der Waals surface area contributed by atoms with Crippen molar-refractivity contribution in [1.29, 1.82) is 0 Å². The van der Waals surface area contributed by atoms with Gasteiger partial charge in [0.25, 0.3) is 0 Å². The molecule has 0 saturated carbocycles. The van der Waals surface area contributed by atoms with Crippen molar-refractivity contribution in [2.45, 2.75) is 13.0 Å². The van der Waals surface area contributed by atoms with Crippen LogP contribution in [0.25, 0.3) is 0 Å². The summed E-state index contributed by atoms with van der Waals surface area (Å²) in [5.74, 6) is -0.804. The van der Waals surface area contributed by atoms with Crippen LogP contribution in [0.3, 0.4) is 0 Å². The maximum atomic E-state index is 13.9. The Hall–Kier alpha value is -1.65. The highest BCUT2D eigenvalue weighted by molar-refractivity contribution is 6.30. The summed E-state index contributed by atoms with van der Waals surface area (Å²) in [5.41, 5.74) is 7.54. The third-order valence-corrected chi connectivity index (χ3v) is 3.18. The van der Waals surface area contributed by atoms with Crippen LogP contribution in [0.5, 0.6) is 0 Å². The molecule has 0 saturated heterocycles. The van der Waals surface area contributed by atoms with Crippen molar-refractivity contribution in [2.75, 3.05) is 11.9 Å². The van der Waals surface area contributed by atoms with Crippen molar-refractivity contribution in [3.05, 3.63) is 64.2 Å². The molecule has 20 heavy (non-hydrogen) atoms. The molecule has 0 aliphatic carbocycles. The topological polar surface area (TPSA) is 38.0 Å². The Kier molecular flexibility index (Phi) is 4.57. The van der Waals surface area contributed by atoms with Gasteiger partial charge in [-0.25, -0.2) is 8.78 Å². The lowest BCUT2D eigenvalue weighted by molar-refractivity contribution is 0.592. The number of hydrogen-bond acceptors (Lipinski definition) is 2. The van der Waals surface area contributed by atoms with Gasteiger partial charge in [-0.15, -0.1) is 0 Å². The molecule has 0 fully saturated rings. The van der Waals surface area contributed by atoms with Crippen LogP contribution < -0.4 is 11.1 Å². The third-order valence-electron chi connectivity index (χ3n) is 2.97. The van der Waals surface area contributed by atoms with Crippen LogP contribution in [-0.4, -0.2) is 6.54 Å². The van der Waals surface area contributed by atoms with E-state index in [9.17, 15) is 8.78 Å². The van der Waals surface area contributed by atoms with E-state index in [1.54, 1.807) is 18.2 Å². The minimum atomic E-state index is -0.458. The largest absolute Gasteiger partial charge is 0.377 e. The molecule has 5 heteroatoms. The number of halogens is 3. The van der Waals surface area contributed by atoms with Crippen molar-refractivity contribution in [3.8, 4) is 0 Å². The number of hydrogen-bond donors (Lipinski definition) is 2. The molecule has 0 aliphatic heterocycles. The van der Waals surface area contributed by atoms with Crippen molar-refractivity contribution in [1.82, 2.24) is 0 Å². The maximum absolute atomic E-state index is 13.9. The van der Waals surface area contributed by atoms with Gasteiger partial charge in [0.2, 0.25) is 0 Å². The van der Waals surface area contributed by atoms with Crippen molar-refractivity contribution in [2.24, 2.45) is 5.73 Å². The van der Waals surface area contributed by atoms with E-state index in [4.69, 9.17) is 17.3 Å². The van der Waals surface area contributed by atoms with Crippen LogP contribution in [0.15, 0.2) is 36.4 Å². The number of rotatable bonds is 4. The lowest BCUT2D eigenvalue weighted by Gasteiger charge is -2.20. The SMILES string of the molecule is Cc1ccc(F)c(C(CN)Nc2cc(F)cc(Cl)c2)c1. The van der Waals surface area contributed by atoms with Gasteiger partial charge >= 0.3 is 0 Å². The second kappa shape index (κ2) is 6.20. The van der Waals surface area contributed by atoms with Crippen molar-refractivity contribution in [3.63, 3.8) is 0 Å². The highest BCUT2D eigenvalue weighted by Gasteiger charge is 2.15. The zero-order chi connectivity index (χ0) is 14.7. The van der Waals surface area contributed by atoms with E-state index in [-0.39, 0.29) is 17.4 Å². The van der Waals surface area contributed by atoms with Gasteiger partial charge in [-0.1, -0.05) is 29.3 Å². The Morgan fingerprint density at radius 3 is 2.60 bits per heavy atom. The molecule has 0 radical (unpaired) electrons. The van der Waals surface area contributed by atoms with E-state index in [2.05, 4.69) is 5.32 Å². The third kappa shape index (κ3) is 3.46. The molecule has 106 valence electrons. The van der Waals surface area contributed by atoms with Crippen LogP contribution >= 0.6 is 11.6 Å². The minimum Gasteiger partial charge on any atom is -0.377 e. The average molecular weight is 297 g/mol. The molecule has 1 unspecified atom stereocenters. The monoisotopic (exact) mass is 296 g/mol. The van der Waals surface area contributed by atoms with E-state index < -0.39 is 11.9 Å². The van der Waals surface area contributed by atoms with Crippen LogP contribution in [-0.2, 0) is 0 Å². The first kappa shape index (κ1) is 14.8. The summed E-state index contributed by atoms with van der Waals surface area (Å²) in [6, 6.07) is 8.42. The number of nitrogens with one attached hydrogen (secondary N) is 1. The lowest BCUT2D eigenvalue weighted by atomic mass is 10.0. The number of aryl methyl sites for hydroxylation is 1. The van der Waals surface area contributed by atoms with Gasteiger partial charge in [0.15, 0.2) is 0 Å². The lowest BCUT2D eigenvalue weighted by Crippen LogP contribution is -2.22. The molecular weight excluding hydrogens is 282 g/mol. The Morgan fingerprint density at radius 1 is 1.20 bits per heavy atom. The summed E-state index contributed by atoms with van der Waals surface area (Å²) in [4.78, 5) is 0. The van der Waals surface area contributed by atoms with E-state index in [0.717, 1.165) is 5.56 Å². The Balaban J connectivity index is 2.31. The highest BCUT2D eigenvalue weighted by atomic mass is 35.5. The van der Waals surface area contributed by atoms with E-state index in [1.807, 2.05) is 6.92 Å². The average Bonchev–Trinajstić information content (AvgIpc) is 2.38. The standard InChI is InChI=1S/C15H15ClF2N2/c1-9-2-3-14(18)13(4-9)15(8-19)20-12-6-10(16)5-11(17)7-12/h2-7,15,20H,8,19H2,1H3. The van der Waals surface area contributed by atoms with Crippen LogP contribution in [0.4, 0.5) is 14.5 Å². The van der Waals surface area contributed by atoms with Gasteiger partial charge in [-0.2, -0.15) is 0 Å². The number of anilines is 1. The summed E-state index contributed by atoms with van der Waals surface area (Å²) in [6.45, 7) is 2.05. The maximum Gasteiger partial charge on any atom is 0.128 e. The summed E-state index contributed by atoms with van der Waals surface area (Å²) in [7, 11) is 0. The second-order valence-corrected chi connectivity index (χ2v) is 5.05. The molecule has 0 bridgehead atoms. The Labute approximate surface area is 121 Å². The van der Waals surface area contributed by atoms with Gasteiger partial charge in [0, 0.05) is 22.8 Å². The van der Waals surface area contributed by atoms with E-state index in [0.29, 0.717) is 11.3 Å². The molecule has 0 heterocycles. The Morgan fingerprint density at radius 2 is 1.95 bits per heavy atom. The van der Waals surface area contributed by atoms with Gasteiger partial charge in [0.1, 0.15) is 11.6 Å². The number of benzene rings is 2. The number of nitrogens with two attached hydrogens (primary N) is 1. The fourth-order valence-electron chi connectivity index (χ4n) is 2.03. The summed E-state index contributed by atoms with van der Waals surface area (Å²) in [6.07, 6.45) is 0. The first-order valence-electron chi connectivity index (χ1n) is 6.18. The molecule has 3 N–H and O–H groups in total. The predicted molar refractivity (Wildman–Crippen MR) is 78.0 cm³/mol. The first-order chi connectivity index (χ1) is 9.49. The van der Waals surface area contributed by atoms with E-state index in [1.165, 1.54) is 18.2 Å². The molecule has 0 aliphatic rings. The van der Waals surface area contributed by atoms with Gasteiger partial charge in [-0.3, -0.25) is 0 Å². The van der Waals surface area contributed by atoms with Crippen molar-refractivity contribution >= 4 is 17.3 Å². The molecule has 0 aromatic heterocycles. The highest BCUT2D eigenvalue weighted by Crippen LogP contribution is 2.25. The first-order valence-corrected chi connectivity index (χ1v) is 6.56. The van der Waals surface area contributed by atoms with Crippen LogP contribution in [0, 0.1) is 18.6 Å². The van der Waals surface area contributed by atoms with Crippen LogP contribution in [0.1, 0.15) is 17.2 Å². The summed E-state index contributed by atoms with van der Waals surface area (Å²) < 4.78 is 27.2. The van der Waals surface area contributed by atoms with Gasteiger partial charge in [0.05, 0.1) is 6.04 Å². The fourth-order valence-corrected chi connectivity index (χ4v) is 2.25. The Bertz CT molecular complexity index is 597. The minimum absolute atomic E-state index is 0.175. The molecule has 2 aromatic rings. The zero-order valence-electron chi connectivity index (χ0n) is 11.0. The summed E-state index contributed by atoms with van der Waals surface area (Å²) in [5, 5.41) is 3.28. The second-order valence-electron chi connectivity index (χ2n) is 4.62. The van der Waals surface area contributed by atoms with Crippen LogP contribution in [0.2, 0.25) is 5.02 Å². The quantitative estimate of drug-likeness (QED) is 0.893. The molecule has 2 rings (SSSR count). The summed E-state index contributed by atoms with van der Waals surface area (Å²) >= 11 is 5.79. The predicted octanol–water partition coefficient (Wildman–Crippen LogP) is 4.04. The molecule has 2 nitrogen and oxygen atoms in total.